The van der Waals surface area contributed by atoms with Crippen LogP contribution in [0.15, 0.2) is 21.1 Å². The van der Waals surface area contributed by atoms with Gasteiger partial charge < -0.3 is 14.7 Å². The van der Waals surface area contributed by atoms with Gasteiger partial charge in [0.1, 0.15) is 5.75 Å². The molecular formula is C13H13Br2NO4. The molecule has 1 heterocycles. The summed E-state index contributed by atoms with van der Waals surface area (Å²) in [5, 5.41) is 9.68. The van der Waals surface area contributed by atoms with Crippen LogP contribution in [0.3, 0.4) is 0 Å². The van der Waals surface area contributed by atoms with Crippen LogP contribution in [0.1, 0.15) is 13.3 Å². The van der Waals surface area contributed by atoms with Crippen LogP contribution in [0.25, 0.3) is 0 Å². The van der Waals surface area contributed by atoms with Crippen LogP contribution in [0, 0.1) is 5.92 Å². The largest absolute Gasteiger partial charge is 0.506 e. The van der Waals surface area contributed by atoms with E-state index in [2.05, 4.69) is 31.9 Å². The lowest BCUT2D eigenvalue weighted by Crippen LogP contribution is -2.26. The van der Waals surface area contributed by atoms with Crippen molar-refractivity contribution in [2.75, 3.05) is 18.1 Å². The van der Waals surface area contributed by atoms with Gasteiger partial charge in [0, 0.05) is 18.7 Å². The van der Waals surface area contributed by atoms with Crippen molar-refractivity contribution in [2.45, 2.75) is 13.3 Å². The van der Waals surface area contributed by atoms with E-state index in [1.54, 1.807) is 19.1 Å². The van der Waals surface area contributed by atoms with E-state index in [-0.39, 0.29) is 24.0 Å². The van der Waals surface area contributed by atoms with Gasteiger partial charge in [0.15, 0.2) is 0 Å². The zero-order valence-electron chi connectivity index (χ0n) is 10.7. The topological polar surface area (TPSA) is 66.8 Å². The molecule has 1 aromatic carbocycles. The predicted molar refractivity (Wildman–Crippen MR) is 80.6 cm³/mol. The molecule has 0 saturated carbocycles. The van der Waals surface area contributed by atoms with E-state index in [0.29, 0.717) is 27.8 Å². The minimum Gasteiger partial charge on any atom is -0.506 e. The maximum absolute atomic E-state index is 12.0. The minimum absolute atomic E-state index is 0.0716. The number of nitrogens with zero attached hydrogens (tertiary/aromatic N) is 1. The number of carbonyl (C=O) groups excluding carboxylic acids is 2. The van der Waals surface area contributed by atoms with Crippen LogP contribution >= 0.6 is 31.9 Å². The second-order valence-corrected chi connectivity index (χ2v) is 6.12. The fraction of sp³-hybridized carbons (Fsp3) is 0.385. The summed E-state index contributed by atoms with van der Waals surface area (Å²) in [5.41, 5.74) is 0.623. The van der Waals surface area contributed by atoms with Crippen molar-refractivity contribution in [1.29, 1.82) is 0 Å². The lowest BCUT2D eigenvalue weighted by molar-refractivity contribution is -0.147. The van der Waals surface area contributed by atoms with Gasteiger partial charge in [-0.3, -0.25) is 9.59 Å². The Labute approximate surface area is 133 Å². The Hall–Kier alpha value is -1.08. The zero-order chi connectivity index (χ0) is 14.9. The van der Waals surface area contributed by atoms with Crippen molar-refractivity contribution in [1.82, 2.24) is 0 Å². The van der Waals surface area contributed by atoms with Gasteiger partial charge in [-0.1, -0.05) is 0 Å². The van der Waals surface area contributed by atoms with Crippen molar-refractivity contribution < 1.29 is 19.4 Å². The van der Waals surface area contributed by atoms with Gasteiger partial charge in [-0.05, 0) is 50.9 Å². The molecule has 1 fully saturated rings. The van der Waals surface area contributed by atoms with Crippen molar-refractivity contribution in [3.63, 3.8) is 0 Å². The average molecular weight is 407 g/mol. The maximum Gasteiger partial charge on any atom is 0.311 e. The first-order valence-electron chi connectivity index (χ1n) is 6.09. The smallest absolute Gasteiger partial charge is 0.311 e. The Morgan fingerprint density at radius 1 is 1.45 bits per heavy atom. The van der Waals surface area contributed by atoms with Gasteiger partial charge in [-0.25, -0.2) is 0 Å². The number of esters is 1. The standard InChI is InChI=1S/C13H13Br2NO4/c1-2-20-13(19)7-3-11(17)16(6-7)8-4-9(14)12(18)10(15)5-8/h4-5,7,18H,2-3,6H2,1H3. The number of phenols is 1. The Bertz CT molecular complexity index is 538. The molecule has 108 valence electrons. The van der Waals surface area contributed by atoms with Gasteiger partial charge in [0.2, 0.25) is 5.91 Å². The molecule has 0 radical (unpaired) electrons. The third-order valence-corrected chi connectivity index (χ3v) is 4.27. The van der Waals surface area contributed by atoms with Crippen molar-refractivity contribution in [3.05, 3.63) is 21.1 Å². The fourth-order valence-electron chi connectivity index (χ4n) is 2.08. The summed E-state index contributed by atoms with van der Waals surface area (Å²) >= 11 is 6.45. The molecule has 1 aliphatic heterocycles. The number of carbonyl (C=O) groups is 2. The predicted octanol–water partition coefficient (Wildman–Crippen LogP) is 2.83. The molecular weight excluding hydrogens is 394 g/mol. The van der Waals surface area contributed by atoms with E-state index in [1.807, 2.05) is 0 Å². The van der Waals surface area contributed by atoms with Gasteiger partial charge in [-0.2, -0.15) is 0 Å². The number of anilines is 1. The lowest BCUT2D eigenvalue weighted by atomic mass is 10.1. The van der Waals surface area contributed by atoms with Crippen molar-refractivity contribution in [3.8, 4) is 5.75 Å². The van der Waals surface area contributed by atoms with Gasteiger partial charge in [0.05, 0.1) is 21.5 Å². The maximum atomic E-state index is 12.0. The third kappa shape index (κ3) is 2.98. The van der Waals surface area contributed by atoms with Gasteiger partial charge in [0.25, 0.3) is 0 Å². The molecule has 20 heavy (non-hydrogen) atoms. The van der Waals surface area contributed by atoms with Gasteiger partial charge in [-0.15, -0.1) is 0 Å². The quantitative estimate of drug-likeness (QED) is 0.783. The zero-order valence-corrected chi connectivity index (χ0v) is 13.9. The first kappa shape index (κ1) is 15.3. The SMILES string of the molecule is CCOC(=O)C1CC(=O)N(c2cc(Br)c(O)c(Br)c2)C1. The Morgan fingerprint density at radius 3 is 2.60 bits per heavy atom. The van der Waals surface area contributed by atoms with E-state index >= 15 is 0 Å². The molecule has 5 nitrogen and oxygen atoms in total. The molecule has 1 aliphatic rings. The summed E-state index contributed by atoms with van der Waals surface area (Å²) in [7, 11) is 0. The molecule has 0 bridgehead atoms. The Kier molecular flexibility index (Phi) is 4.70. The Balaban J connectivity index is 2.22. The molecule has 1 saturated heterocycles. The molecule has 0 aromatic heterocycles. The van der Waals surface area contributed by atoms with E-state index in [9.17, 15) is 14.7 Å². The molecule has 1 unspecified atom stereocenters. The number of phenolic OH excluding ortho intramolecular Hbond substituents is 1. The van der Waals surface area contributed by atoms with E-state index in [1.165, 1.54) is 4.90 Å². The average Bonchev–Trinajstić information content (AvgIpc) is 2.78. The highest BCUT2D eigenvalue weighted by atomic mass is 79.9. The summed E-state index contributed by atoms with van der Waals surface area (Å²) in [6.45, 7) is 2.34. The monoisotopic (exact) mass is 405 g/mol. The summed E-state index contributed by atoms with van der Waals surface area (Å²) in [5.74, 6) is -0.844. The van der Waals surface area contributed by atoms with Crippen LogP contribution in [0.4, 0.5) is 5.69 Å². The number of ether oxygens (including phenoxy) is 1. The lowest BCUT2D eigenvalue weighted by Gasteiger charge is -2.18. The summed E-state index contributed by atoms with van der Waals surface area (Å²) in [4.78, 5) is 25.2. The molecule has 2 rings (SSSR count). The van der Waals surface area contributed by atoms with Crippen molar-refractivity contribution in [2.24, 2.45) is 5.92 Å². The summed E-state index contributed by atoms with van der Waals surface area (Å²) < 4.78 is 5.91. The van der Waals surface area contributed by atoms with E-state index in [0.717, 1.165) is 0 Å². The minimum atomic E-state index is -0.436. The molecule has 1 N–H and O–H groups in total. The number of benzene rings is 1. The second kappa shape index (κ2) is 6.13. The summed E-state index contributed by atoms with van der Waals surface area (Å²) in [6, 6.07) is 3.29. The fourth-order valence-corrected chi connectivity index (χ4v) is 3.25. The van der Waals surface area contributed by atoms with Crippen LogP contribution in [-0.4, -0.2) is 30.1 Å². The number of halogens is 2. The molecule has 0 spiro atoms. The Morgan fingerprint density at radius 2 is 2.05 bits per heavy atom. The molecule has 1 amide bonds. The molecule has 1 aromatic rings. The highest BCUT2D eigenvalue weighted by Gasteiger charge is 2.36. The number of amides is 1. The highest BCUT2D eigenvalue weighted by Crippen LogP contribution is 2.38. The van der Waals surface area contributed by atoms with E-state index in [4.69, 9.17) is 4.74 Å². The number of hydrogen-bond acceptors (Lipinski definition) is 4. The number of rotatable bonds is 3. The first-order valence-corrected chi connectivity index (χ1v) is 7.67. The second-order valence-electron chi connectivity index (χ2n) is 4.42. The normalized spacial score (nSPS) is 18.4. The first-order chi connectivity index (χ1) is 9.43. The van der Waals surface area contributed by atoms with Crippen molar-refractivity contribution >= 4 is 49.4 Å². The number of aromatic hydroxyl groups is 1. The summed E-state index contributed by atoms with van der Waals surface area (Å²) in [6.07, 6.45) is 0.148. The number of hydrogen-bond donors (Lipinski definition) is 1. The molecule has 0 aliphatic carbocycles. The molecule has 7 heteroatoms. The van der Waals surface area contributed by atoms with Crippen LogP contribution < -0.4 is 4.90 Å². The highest BCUT2D eigenvalue weighted by molar-refractivity contribution is 9.11. The molecule has 1 atom stereocenters. The van der Waals surface area contributed by atoms with Gasteiger partial charge >= 0.3 is 5.97 Å². The van der Waals surface area contributed by atoms with Crippen LogP contribution in [-0.2, 0) is 14.3 Å². The van der Waals surface area contributed by atoms with Crippen LogP contribution in [0.5, 0.6) is 5.75 Å². The third-order valence-electron chi connectivity index (χ3n) is 3.06. The van der Waals surface area contributed by atoms with Crippen LogP contribution in [0.2, 0.25) is 0 Å². The van der Waals surface area contributed by atoms with E-state index < -0.39 is 5.92 Å².